The van der Waals surface area contributed by atoms with Crippen molar-refractivity contribution in [1.29, 1.82) is 0 Å². The van der Waals surface area contributed by atoms with Gasteiger partial charge in [0.05, 0.1) is 29.0 Å². The van der Waals surface area contributed by atoms with Crippen LogP contribution in [0.5, 0.6) is 0 Å². The van der Waals surface area contributed by atoms with Crippen LogP contribution in [-0.4, -0.2) is 46.6 Å². The first-order valence-electron chi connectivity index (χ1n) is 13.5. The van der Waals surface area contributed by atoms with Crippen LogP contribution in [0.4, 0.5) is 0 Å². The topological polar surface area (TPSA) is 93.1 Å². The minimum absolute atomic E-state index is 0.0329. The number of carbonyl (C=O) groups is 2. The van der Waals surface area contributed by atoms with Gasteiger partial charge in [0, 0.05) is 11.3 Å². The molecule has 0 spiro atoms. The number of carbonyl (C=O) groups excluding carboxylic acids is 2. The molecule has 2 N–H and O–H groups in total. The van der Waals surface area contributed by atoms with E-state index in [1.54, 1.807) is 27.7 Å². The molecule has 34 heavy (non-hydrogen) atoms. The fourth-order valence-electron chi connectivity index (χ4n) is 9.00. The normalized spacial score (nSPS) is 47.3. The smallest absolute Gasteiger partial charge is 0.308 e. The van der Waals surface area contributed by atoms with Crippen LogP contribution in [0.3, 0.4) is 0 Å². The van der Waals surface area contributed by atoms with Gasteiger partial charge in [0.15, 0.2) is 0 Å². The summed E-state index contributed by atoms with van der Waals surface area (Å²) in [4.78, 5) is 25.6. The number of hydrogen-bond donors (Lipinski definition) is 2. The van der Waals surface area contributed by atoms with Crippen molar-refractivity contribution >= 4 is 11.9 Å². The zero-order valence-corrected chi connectivity index (χ0v) is 22.3. The maximum absolute atomic E-state index is 13.0. The van der Waals surface area contributed by atoms with Gasteiger partial charge >= 0.3 is 11.9 Å². The number of esters is 2. The molecule has 0 aromatic rings. The average molecular weight is 479 g/mol. The molecule has 4 aliphatic carbocycles. The van der Waals surface area contributed by atoms with Crippen LogP contribution < -0.4 is 0 Å². The molecule has 0 aliphatic heterocycles. The number of hydrogen-bond acceptors (Lipinski definition) is 6. The van der Waals surface area contributed by atoms with E-state index >= 15 is 0 Å². The van der Waals surface area contributed by atoms with Gasteiger partial charge in [0.2, 0.25) is 0 Å². The Labute approximate surface area is 205 Å². The summed E-state index contributed by atoms with van der Waals surface area (Å²) in [6.07, 6.45) is 1.62. The third kappa shape index (κ3) is 3.19. The Kier molecular flexibility index (Phi) is 6.46. The molecule has 10 atom stereocenters. The fraction of sp³-hybridized carbons (Fsp3) is 0.929. The van der Waals surface area contributed by atoms with Crippen molar-refractivity contribution < 1.29 is 29.3 Å². The lowest BCUT2D eigenvalue weighted by atomic mass is 9.33. The van der Waals surface area contributed by atoms with E-state index in [1.807, 2.05) is 0 Å². The van der Waals surface area contributed by atoms with Gasteiger partial charge in [-0.3, -0.25) is 9.59 Å². The lowest BCUT2D eigenvalue weighted by Crippen LogP contribution is -2.81. The molecule has 0 saturated heterocycles. The second-order valence-corrected chi connectivity index (χ2v) is 13.2. The van der Waals surface area contributed by atoms with Crippen LogP contribution in [-0.2, 0) is 19.1 Å². The average Bonchev–Trinajstić information content (AvgIpc) is 3.24. The Hall–Kier alpha value is -1.14. The van der Waals surface area contributed by atoms with E-state index in [0.717, 1.165) is 19.3 Å². The van der Waals surface area contributed by atoms with Crippen LogP contribution in [0, 0.1) is 58.2 Å². The van der Waals surface area contributed by atoms with Crippen molar-refractivity contribution in [3.63, 3.8) is 0 Å². The summed E-state index contributed by atoms with van der Waals surface area (Å²) in [7, 11) is 0. The predicted molar refractivity (Wildman–Crippen MR) is 128 cm³/mol. The summed E-state index contributed by atoms with van der Waals surface area (Å²) < 4.78 is 12.1. The number of rotatable bonds is 6. The molecule has 4 fully saturated rings. The first kappa shape index (κ1) is 25.9. The van der Waals surface area contributed by atoms with Crippen molar-refractivity contribution in [2.75, 3.05) is 6.61 Å². The van der Waals surface area contributed by atoms with E-state index in [2.05, 4.69) is 27.7 Å². The Morgan fingerprint density at radius 1 is 1.00 bits per heavy atom. The maximum Gasteiger partial charge on any atom is 0.308 e. The largest absolute Gasteiger partial charge is 0.465 e. The molecule has 6 heteroatoms. The first-order valence-corrected chi connectivity index (χ1v) is 13.5. The highest BCUT2D eigenvalue weighted by Gasteiger charge is 2.83. The number of aliphatic hydroxyl groups excluding tert-OH is 1. The molecule has 4 aliphatic rings. The predicted octanol–water partition coefficient (Wildman–Crippen LogP) is 4.21. The summed E-state index contributed by atoms with van der Waals surface area (Å²) in [5.41, 5.74) is -2.73. The van der Waals surface area contributed by atoms with E-state index < -0.39 is 28.6 Å². The highest BCUT2D eigenvalue weighted by Crippen LogP contribution is 2.78. The SMILES string of the molecule is CC(C)C(=O)OC[C@@]12[C@H](OC(=O)C(C)C)[C@@H](O)[C@@]3(C)[C@@H]4CC[C@H](C)[C@@H]4[C@H]3[C@]1(O)CC[C@H]2C(C)C. The summed E-state index contributed by atoms with van der Waals surface area (Å²) in [6.45, 7) is 15.7. The molecule has 0 unspecified atom stereocenters. The van der Waals surface area contributed by atoms with Gasteiger partial charge in [-0.25, -0.2) is 0 Å². The fourth-order valence-corrected chi connectivity index (χ4v) is 9.00. The molecule has 0 aromatic heterocycles. The Morgan fingerprint density at radius 3 is 2.18 bits per heavy atom. The molecule has 0 amide bonds. The summed E-state index contributed by atoms with van der Waals surface area (Å²) in [5, 5.41) is 24.9. The zero-order chi connectivity index (χ0) is 25.4. The molecule has 6 nitrogen and oxygen atoms in total. The molecule has 4 rings (SSSR count). The standard InChI is InChI=1S/C28H46O6/c1-14(2)18-11-12-28(32)21-20-17(7)9-10-19(20)26(21,8)22(29)23(34-25(31)16(5)6)27(18,28)13-33-24(30)15(3)4/h14-23,29,32H,9-13H2,1-8H3/t17-,18-,19+,20-,21+,22+,23+,26-,27+,28+/m0/s1. The lowest BCUT2D eigenvalue weighted by Gasteiger charge is -2.73. The Morgan fingerprint density at radius 2 is 1.62 bits per heavy atom. The maximum atomic E-state index is 13.0. The minimum Gasteiger partial charge on any atom is -0.465 e. The monoisotopic (exact) mass is 478 g/mol. The lowest BCUT2D eigenvalue weighted by molar-refractivity contribution is -0.358. The molecular weight excluding hydrogens is 432 g/mol. The second kappa shape index (κ2) is 8.47. The van der Waals surface area contributed by atoms with Gasteiger partial charge in [-0.2, -0.15) is 0 Å². The first-order chi connectivity index (χ1) is 15.7. The highest BCUT2D eigenvalue weighted by atomic mass is 16.6. The zero-order valence-electron chi connectivity index (χ0n) is 22.3. The third-order valence-electron chi connectivity index (χ3n) is 10.6. The van der Waals surface area contributed by atoms with Gasteiger partial charge in [-0.15, -0.1) is 0 Å². The molecular formula is C28H46O6. The van der Waals surface area contributed by atoms with Crippen molar-refractivity contribution in [2.24, 2.45) is 58.2 Å². The van der Waals surface area contributed by atoms with Crippen molar-refractivity contribution in [1.82, 2.24) is 0 Å². The Balaban J connectivity index is 1.88. The Bertz CT molecular complexity index is 822. The van der Waals surface area contributed by atoms with Crippen molar-refractivity contribution in [3.8, 4) is 0 Å². The van der Waals surface area contributed by atoms with Crippen LogP contribution in [0.1, 0.15) is 81.1 Å². The van der Waals surface area contributed by atoms with Gasteiger partial charge in [0.1, 0.15) is 12.7 Å². The summed E-state index contributed by atoms with van der Waals surface area (Å²) in [6, 6.07) is 0. The quantitative estimate of drug-likeness (QED) is 0.556. The molecule has 0 heterocycles. The molecule has 0 bridgehead atoms. The summed E-state index contributed by atoms with van der Waals surface area (Å²) >= 11 is 0. The number of aliphatic hydroxyl groups is 2. The van der Waals surface area contributed by atoms with E-state index in [-0.39, 0.29) is 48.1 Å². The highest BCUT2D eigenvalue weighted by molar-refractivity contribution is 5.72. The molecule has 0 aromatic carbocycles. The van der Waals surface area contributed by atoms with Crippen LogP contribution >= 0.6 is 0 Å². The second-order valence-electron chi connectivity index (χ2n) is 13.2. The molecule has 4 saturated carbocycles. The van der Waals surface area contributed by atoms with Crippen LogP contribution in [0.25, 0.3) is 0 Å². The van der Waals surface area contributed by atoms with Gasteiger partial charge in [-0.05, 0) is 48.9 Å². The van der Waals surface area contributed by atoms with E-state index in [0.29, 0.717) is 24.2 Å². The van der Waals surface area contributed by atoms with Gasteiger partial charge in [0.25, 0.3) is 0 Å². The minimum atomic E-state index is -1.17. The van der Waals surface area contributed by atoms with E-state index in [1.165, 1.54) is 0 Å². The van der Waals surface area contributed by atoms with Crippen LogP contribution in [0.2, 0.25) is 0 Å². The number of fused-ring (bicyclic) bond motifs is 6. The van der Waals surface area contributed by atoms with Crippen molar-refractivity contribution in [2.45, 2.75) is 98.9 Å². The van der Waals surface area contributed by atoms with E-state index in [9.17, 15) is 19.8 Å². The molecule has 194 valence electrons. The van der Waals surface area contributed by atoms with Gasteiger partial charge < -0.3 is 19.7 Å². The third-order valence-corrected chi connectivity index (χ3v) is 10.6. The summed E-state index contributed by atoms with van der Waals surface area (Å²) in [5.74, 6) is -0.244. The van der Waals surface area contributed by atoms with Crippen LogP contribution in [0.15, 0.2) is 0 Å². The molecule has 0 radical (unpaired) electrons. The van der Waals surface area contributed by atoms with Gasteiger partial charge in [-0.1, -0.05) is 61.8 Å². The van der Waals surface area contributed by atoms with E-state index in [4.69, 9.17) is 9.47 Å². The number of ether oxygens (including phenoxy) is 2. The van der Waals surface area contributed by atoms with Crippen molar-refractivity contribution in [3.05, 3.63) is 0 Å².